The molecule has 7 nitrogen and oxygen atoms in total. The monoisotopic (exact) mass is 305 g/mol. The molecule has 0 fully saturated rings. The molecule has 0 amide bonds. The quantitative estimate of drug-likeness (QED) is 0.772. The molecule has 0 spiro atoms. The average Bonchev–Trinajstić information content (AvgIpc) is 3.08. The molecule has 21 heavy (non-hydrogen) atoms. The zero-order valence-electron chi connectivity index (χ0n) is 11.6. The fraction of sp³-hybridized carbons (Fsp3) is 0.231. The van der Waals surface area contributed by atoms with Gasteiger partial charge in [0.2, 0.25) is 0 Å². The minimum absolute atomic E-state index is 0.00306. The third-order valence-corrected chi connectivity index (χ3v) is 4.43. The predicted molar refractivity (Wildman–Crippen MR) is 79.5 cm³/mol. The fourth-order valence-electron chi connectivity index (χ4n) is 1.99. The van der Waals surface area contributed by atoms with Crippen LogP contribution in [-0.2, 0) is 10.0 Å². The van der Waals surface area contributed by atoms with Crippen molar-refractivity contribution in [3.63, 3.8) is 0 Å². The van der Waals surface area contributed by atoms with Crippen molar-refractivity contribution in [2.24, 2.45) is 0 Å². The molecule has 2 heterocycles. The van der Waals surface area contributed by atoms with E-state index in [1.807, 2.05) is 19.9 Å². The van der Waals surface area contributed by atoms with Crippen LogP contribution in [0.15, 0.2) is 41.9 Å². The van der Waals surface area contributed by atoms with Gasteiger partial charge in [-0.15, -0.1) is 0 Å². The first-order chi connectivity index (χ1) is 9.97. The lowest BCUT2D eigenvalue weighted by Crippen LogP contribution is -2.13. The first-order valence-electron chi connectivity index (χ1n) is 6.46. The molecule has 0 saturated heterocycles. The first kappa shape index (κ1) is 13.6. The molecule has 2 N–H and O–H groups in total. The summed E-state index contributed by atoms with van der Waals surface area (Å²) in [6, 6.07) is 5.42. The van der Waals surface area contributed by atoms with Crippen molar-refractivity contribution in [3.05, 3.63) is 36.9 Å². The molecule has 0 unspecified atom stereocenters. The van der Waals surface area contributed by atoms with E-state index in [1.54, 1.807) is 22.9 Å². The second-order valence-electron chi connectivity index (χ2n) is 5.00. The Morgan fingerprint density at radius 1 is 1.33 bits per heavy atom. The van der Waals surface area contributed by atoms with Gasteiger partial charge < -0.3 is 4.57 Å². The van der Waals surface area contributed by atoms with Crippen molar-refractivity contribution in [2.45, 2.75) is 24.9 Å². The van der Waals surface area contributed by atoms with E-state index < -0.39 is 10.0 Å². The number of aromatic amines is 1. The van der Waals surface area contributed by atoms with Gasteiger partial charge in [0, 0.05) is 17.6 Å². The van der Waals surface area contributed by atoms with Gasteiger partial charge in [-0.25, -0.2) is 4.98 Å². The maximum absolute atomic E-state index is 12.4. The van der Waals surface area contributed by atoms with Crippen LogP contribution in [0.2, 0.25) is 0 Å². The summed E-state index contributed by atoms with van der Waals surface area (Å²) in [6.45, 7) is 3.91. The van der Waals surface area contributed by atoms with Crippen LogP contribution in [0.3, 0.4) is 0 Å². The molecule has 0 atom stereocenters. The SMILES string of the molecule is CC(C)n1cnc(S(=O)(=O)Nc2cccc3[nH]ncc23)c1. The molecule has 3 aromatic rings. The van der Waals surface area contributed by atoms with E-state index in [4.69, 9.17) is 0 Å². The summed E-state index contributed by atoms with van der Waals surface area (Å²) < 4.78 is 29.1. The highest BCUT2D eigenvalue weighted by molar-refractivity contribution is 7.92. The summed E-state index contributed by atoms with van der Waals surface area (Å²) in [5.74, 6) is 0. The Morgan fingerprint density at radius 2 is 2.14 bits per heavy atom. The minimum Gasteiger partial charge on any atom is -0.334 e. The molecule has 0 aliphatic heterocycles. The fourth-order valence-corrected chi connectivity index (χ4v) is 3.01. The molecule has 3 rings (SSSR count). The Morgan fingerprint density at radius 3 is 2.86 bits per heavy atom. The largest absolute Gasteiger partial charge is 0.334 e. The van der Waals surface area contributed by atoms with Crippen LogP contribution < -0.4 is 4.72 Å². The Bertz CT molecular complexity index is 879. The lowest BCUT2D eigenvalue weighted by molar-refractivity contribution is 0.592. The number of H-pyrrole nitrogens is 1. The average molecular weight is 305 g/mol. The van der Waals surface area contributed by atoms with Gasteiger partial charge in [0.05, 0.1) is 23.7 Å². The predicted octanol–water partition coefficient (Wildman–Crippen LogP) is 2.14. The zero-order chi connectivity index (χ0) is 15.0. The van der Waals surface area contributed by atoms with E-state index in [0.717, 1.165) is 5.52 Å². The zero-order valence-corrected chi connectivity index (χ0v) is 12.4. The van der Waals surface area contributed by atoms with Crippen molar-refractivity contribution in [2.75, 3.05) is 4.72 Å². The number of sulfonamides is 1. The molecule has 2 aromatic heterocycles. The highest BCUT2D eigenvalue weighted by Crippen LogP contribution is 2.23. The lowest BCUT2D eigenvalue weighted by Gasteiger charge is -2.07. The molecule has 0 radical (unpaired) electrons. The van der Waals surface area contributed by atoms with E-state index in [-0.39, 0.29) is 11.1 Å². The van der Waals surface area contributed by atoms with Crippen LogP contribution in [0.1, 0.15) is 19.9 Å². The Kier molecular flexibility index (Phi) is 3.17. The van der Waals surface area contributed by atoms with Crippen LogP contribution in [0.5, 0.6) is 0 Å². The van der Waals surface area contributed by atoms with E-state index in [9.17, 15) is 8.42 Å². The summed E-state index contributed by atoms with van der Waals surface area (Å²) >= 11 is 0. The molecule has 1 aromatic carbocycles. The highest BCUT2D eigenvalue weighted by Gasteiger charge is 2.19. The number of hydrogen-bond donors (Lipinski definition) is 2. The summed E-state index contributed by atoms with van der Waals surface area (Å²) in [4.78, 5) is 3.96. The maximum Gasteiger partial charge on any atom is 0.280 e. The number of aromatic nitrogens is 4. The van der Waals surface area contributed by atoms with Gasteiger partial charge in [0.25, 0.3) is 10.0 Å². The molecule has 8 heteroatoms. The molecular weight excluding hydrogens is 290 g/mol. The number of nitrogens with one attached hydrogen (secondary N) is 2. The number of anilines is 1. The molecule has 0 saturated carbocycles. The third kappa shape index (κ3) is 2.49. The summed E-state index contributed by atoms with van der Waals surface area (Å²) in [5, 5.41) is 7.42. The number of benzene rings is 1. The van der Waals surface area contributed by atoms with Crippen LogP contribution in [0.25, 0.3) is 10.9 Å². The molecule has 0 aliphatic rings. The van der Waals surface area contributed by atoms with Crippen LogP contribution in [0.4, 0.5) is 5.69 Å². The van der Waals surface area contributed by atoms with Crippen molar-refractivity contribution in [1.29, 1.82) is 0 Å². The number of hydrogen-bond acceptors (Lipinski definition) is 4. The Labute approximate surface area is 122 Å². The van der Waals surface area contributed by atoms with Crippen LogP contribution in [0, 0.1) is 0 Å². The van der Waals surface area contributed by atoms with Gasteiger partial charge in [-0.05, 0) is 26.0 Å². The molecular formula is C13H15N5O2S. The topological polar surface area (TPSA) is 92.7 Å². The normalized spacial score (nSPS) is 12.1. The van der Waals surface area contributed by atoms with Crippen molar-refractivity contribution in [3.8, 4) is 0 Å². The maximum atomic E-state index is 12.4. The summed E-state index contributed by atoms with van der Waals surface area (Å²) in [5.41, 5.74) is 1.24. The van der Waals surface area contributed by atoms with Gasteiger partial charge in [0.1, 0.15) is 0 Å². The smallest absolute Gasteiger partial charge is 0.280 e. The summed E-state index contributed by atoms with van der Waals surface area (Å²) in [7, 11) is -3.72. The van der Waals surface area contributed by atoms with Crippen LogP contribution in [-0.4, -0.2) is 28.2 Å². The second kappa shape index (κ2) is 4.88. The van der Waals surface area contributed by atoms with E-state index >= 15 is 0 Å². The van der Waals surface area contributed by atoms with Gasteiger partial charge in [0.15, 0.2) is 5.03 Å². The molecule has 0 aliphatic carbocycles. The minimum atomic E-state index is -3.72. The van der Waals surface area contributed by atoms with Gasteiger partial charge in [-0.1, -0.05) is 6.07 Å². The number of nitrogens with zero attached hydrogens (tertiary/aromatic N) is 3. The highest BCUT2D eigenvalue weighted by atomic mass is 32.2. The Balaban J connectivity index is 1.97. The van der Waals surface area contributed by atoms with Crippen molar-refractivity contribution >= 4 is 26.6 Å². The van der Waals surface area contributed by atoms with Gasteiger partial charge in [-0.2, -0.15) is 13.5 Å². The van der Waals surface area contributed by atoms with E-state index in [2.05, 4.69) is 19.9 Å². The molecule has 0 bridgehead atoms. The second-order valence-corrected chi connectivity index (χ2v) is 6.62. The number of fused-ring (bicyclic) bond motifs is 1. The summed E-state index contributed by atoms with van der Waals surface area (Å²) in [6.07, 6.45) is 4.61. The van der Waals surface area contributed by atoms with Gasteiger partial charge in [-0.3, -0.25) is 9.82 Å². The first-order valence-corrected chi connectivity index (χ1v) is 7.94. The van der Waals surface area contributed by atoms with E-state index in [0.29, 0.717) is 11.1 Å². The Hall–Kier alpha value is -2.35. The third-order valence-electron chi connectivity index (χ3n) is 3.18. The molecule has 110 valence electrons. The van der Waals surface area contributed by atoms with Gasteiger partial charge >= 0.3 is 0 Å². The van der Waals surface area contributed by atoms with E-state index in [1.165, 1.54) is 12.5 Å². The lowest BCUT2D eigenvalue weighted by atomic mass is 10.2. The standard InChI is InChI=1S/C13H15N5O2S/c1-9(2)18-7-13(14-8-18)21(19,20)17-12-5-3-4-11-10(12)6-15-16-11/h3-9,17H,1-2H3,(H,15,16). The number of rotatable bonds is 4. The van der Waals surface area contributed by atoms with Crippen LogP contribution >= 0.6 is 0 Å². The van der Waals surface area contributed by atoms with Crippen molar-refractivity contribution in [1.82, 2.24) is 19.7 Å². The number of imidazole rings is 1. The van der Waals surface area contributed by atoms with Crippen molar-refractivity contribution < 1.29 is 8.42 Å².